The van der Waals surface area contributed by atoms with E-state index in [-0.39, 0.29) is 26.4 Å². The molecule has 0 aliphatic carbocycles. The monoisotopic (exact) mass is 358 g/mol. The Balaban J connectivity index is 1.66. The number of carbonyl (C=O) groups excluding carboxylic acids is 2. The molecule has 2 aromatic rings. The third-order valence-electron chi connectivity index (χ3n) is 3.46. The van der Waals surface area contributed by atoms with Gasteiger partial charge in [-0.2, -0.15) is 0 Å². The average molecular weight is 358 g/mol. The van der Waals surface area contributed by atoms with Gasteiger partial charge in [0.05, 0.1) is 12.6 Å². The number of benzene rings is 2. The first-order valence-corrected chi connectivity index (χ1v) is 8.20. The first kappa shape index (κ1) is 19.3. The highest BCUT2D eigenvalue weighted by molar-refractivity contribution is 5.69. The standard InChI is InChI=1S/C19H22N2O5/c22-12-17(21-19(24)26-14-16-9-5-2-6-10-16)11-20-18(23)25-13-15-7-3-1-4-8-15/h1-10,17,22H,11-14H2,(H,20,23)(H,21,24)/t17-/m0/s1. The minimum Gasteiger partial charge on any atom is -0.445 e. The maximum Gasteiger partial charge on any atom is 0.407 e. The van der Waals surface area contributed by atoms with Crippen LogP contribution in [0, 0.1) is 0 Å². The third-order valence-corrected chi connectivity index (χ3v) is 3.46. The van der Waals surface area contributed by atoms with Gasteiger partial charge in [0.1, 0.15) is 13.2 Å². The molecule has 0 unspecified atom stereocenters. The molecule has 0 saturated heterocycles. The summed E-state index contributed by atoms with van der Waals surface area (Å²) >= 11 is 0. The summed E-state index contributed by atoms with van der Waals surface area (Å²) in [5, 5.41) is 14.3. The number of carbonyl (C=O) groups is 2. The minimum absolute atomic E-state index is 0.0184. The molecule has 0 bridgehead atoms. The van der Waals surface area contributed by atoms with E-state index in [0.29, 0.717) is 0 Å². The van der Waals surface area contributed by atoms with Crippen LogP contribution in [0.15, 0.2) is 60.7 Å². The number of aliphatic hydroxyl groups is 1. The Labute approximate surface area is 151 Å². The van der Waals surface area contributed by atoms with Crippen molar-refractivity contribution in [2.45, 2.75) is 19.3 Å². The summed E-state index contributed by atoms with van der Waals surface area (Å²) in [4.78, 5) is 23.4. The summed E-state index contributed by atoms with van der Waals surface area (Å²) in [6, 6.07) is 17.8. The normalized spacial score (nSPS) is 11.3. The van der Waals surface area contributed by atoms with Gasteiger partial charge in [-0.15, -0.1) is 0 Å². The largest absolute Gasteiger partial charge is 0.445 e. The van der Waals surface area contributed by atoms with E-state index >= 15 is 0 Å². The van der Waals surface area contributed by atoms with Gasteiger partial charge in [-0.05, 0) is 11.1 Å². The fraction of sp³-hybridized carbons (Fsp3) is 0.263. The molecule has 0 spiro atoms. The van der Waals surface area contributed by atoms with E-state index in [2.05, 4.69) is 10.6 Å². The number of ether oxygens (including phenoxy) is 2. The Morgan fingerprint density at radius 3 is 1.85 bits per heavy atom. The van der Waals surface area contributed by atoms with Gasteiger partial charge in [0.15, 0.2) is 0 Å². The highest BCUT2D eigenvalue weighted by atomic mass is 16.6. The van der Waals surface area contributed by atoms with Gasteiger partial charge in [0.2, 0.25) is 0 Å². The molecule has 26 heavy (non-hydrogen) atoms. The molecule has 0 fully saturated rings. The van der Waals surface area contributed by atoms with Crippen molar-refractivity contribution in [3.63, 3.8) is 0 Å². The molecular formula is C19H22N2O5. The SMILES string of the molecule is O=C(NC[C@@H](CO)NC(=O)OCc1ccccc1)OCc1ccccc1. The number of rotatable bonds is 8. The third kappa shape index (κ3) is 7.23. The molecular weight excluding hydrogens is 336 g/mol. The second kappa shape index (κ2) is 10.7. The van der Waals surface area contributed by atoms with Crippen LogP contribution in [0.3, 0.4) is 0 Å². The van der Waals surface area contributed by atoms with Crippen molar-refractivity contribution in [1.82, 2.24) is 10.6 Å². The van der Waals surface area contributed by atoms with E-state index in [9.17, 15) is 14.7 Å². The van der Waals surface area contributed by atoms with Crippen molar-refractivity contribution in [1.29, 1.82) is 0 Å². The molecule has 1 atom stereocenters. The summed E-state index contributed by atoms with van der Waals surface area (Å²) in [5.41, 5.74) is 1.72. The number of aliphatic hydroxyl groups excluding tert-OH is 1. The van der Waals surface area contributed by atoms with E-state index in [1.165, 1.54) is 0 Å². The first-order chi connectivity index (χ1) is 12.7. The highest BCUT2D eigenvalue weighted by Gasteiger charge is 2.14. The van der Waals surface area contributed by atoms with Crippen LogP contribution < -0.4 is 10.6 Å². The Kier molecular flexibility index (Phi) is 7.95. The molecule has 0 aliphatic heterocycles. The molecule has 3 N–H and O–H groups in total. The lowest BCUT2D eigenvalue weighted by atomic mass is 10.2. The minimum atomic E-state index is -0.678. The highest BCUT2D eigenvalue weighted by Crippen LogP contribution is 2.01. The number of amides is 2. The molecule has 0 aromatic heterocycles. The van der Waals surface area contributed by atoms with Gasteiger partial charge in [0, 0.05) is 6.54 Å². The average Bonchev–Trinajstić information content (AvgIpc) is 2.69. The van der Waals surface area contributed by atoms with Gasteiger partial charge < -0.3 is 25.2 Å². The van der Waals surface area contributed by atoms with Crippen LogP contribution in [0.25, 0.3) is 0 Å². The fourth-order valence-corrected chi connectivity index (χ4v) is 2.07. The second-order valence-electron chi connectivity index (χ2n) is 5.53. The van der Waals surface area contributed by atoms with Crippen LogP contribution in [0.5, 0.6) is 0 Å². The summed E-state index contributed by atoms with van der Waals surface area (Å²) in [7, 11) is 0. The topological polar surface area (TPSA) is 96.9 Å². The summed E-state index contributed by atoms with van der Waals surface area (Å²) in [5.74, 6) is 0. The number of hydrogen-bond donors (Lipinski definition) is 3. The smallest absolute Gasteiger partial charge is 0.407 e. The van der Waals surface area contributed by atoms with Crippen molar-refractivity contribution in [3.05, 3.63) is 71.8 Å². The lowest BCUT2D eigenvalue weighted by Crippen LogP contribution is -2.46. The van der Waals surface area contributed by atoms with Crippen molar-refractivity contribution in [2.24, 2.45) is 0 Å². The van der Waals surface area contributed by atoms with Gasteiger partial charge in [0.25, 0.3) is 0 Å². The van der Waals surface area contributed by atoms with Crippen LogP contribution >= 0.6 is 0 Å². The molecule has 7 nitrogen and oxygen atoms in total. The van der Waals surface area contributed by atoms with E-state index in [1.807, 2.05) is 60.7 Å². The predicted octanol–water partition coefficient (Wildman–Crippen LogP) is 2.20. The number of alkyl carbamates (subject to hydrolysis) is 2. The predicted molar refractivity (Wildman–Crippen MR) is 95.3 cm³/mol. The maximum atomic E-state index is 11.8. The second-order valence-corrected chi connectivity index (χ2v) is 5.53. The lowest BCUT2D eigenvalue weighted by Gasteiger charge is -2.17. The van der Waals surface area contributed by atoms with Crippen LogP contribution in [0.4, 0.5) is 9.59 Å². The fourth-order valence-electron chi connectivity index (χ4n) is 2.07. The summed E-state index contributed by atoms with van der Waals surface area (Å²) < 4.78 is 10.1. The van der Waals surface area contributed by atoms with Crippen LogP contribution in [-0.2, 0) is 22.7 Å². The quantitative estimate of drug-likeness (QED) is 0.672. The maximum absolute atomic E-state index is 11.8. The molecule has 2 rings (SSSR count). The zero-order valence-electron chi connectivity index (χ0n) is 14.3. The van der Waals surface area contributed by atoms with Crippen molar-refractivity contribution < 1.29 is 24.2 Å². The zero-order chi connectivity index (χ0) is 18.6. The molecule has 2 aromatic carbocycles. The molecule has 0 radical (unpaired) electrons. The molecule has 0 heterocycles. The van der Waals surface area contributed by atoms with Crippen LogP contribution in [0.1, 0.15) is 11.1 Å². The van der Waals surface area contributed by atoms with E-state index in [4.69, 9.17) is 9.47 Å². The van der Waals surface area contributed by atoms with Crippen molar-refractivity contribution >= 4 is 12.2 Å². The first-order valence-electron chi connectivity index (χ1n) is 8.20. The Hall–Kier alpha value is -3.06. The number of nitrogens with one attached hydrogen (secondary N) is 2. The van der Waals surface area contributed by atoms with E-state index in [0.717, 1.165) is 11.1 Å². The summed E-state index contributed by atoms with van der Waals surface area (Å²) in [6.07, 6.45) is -1.31. The molecule has 7 heteroatoms. The van der Waals surface area contributed by atoms with Gasteiger partial charge >= 0.3 is 12.2 Å². The molecule has 0 saturated carbocycles. The van der Waals surface area contributed by atoms with E-state index < -0.39 is 18.2 Å². The molecule has 2 amide bonds. The zero-order valence-corrected chi connectivity index (χ0v) is 14.3. The van der Waals surface area contributed by atoms with Gasteiger partial charge in [-0.3, -0.25) is 0 Å². The Bertz CT molecular complexity index is 679. The number of hydrogen-bond acceptors (Lipinski definition) is 5. The molecule has 0 aliphatic rings. The summed E-state index contributed by atoms with van der Waals surface area (Å²) in [6.45, 7) is -0.0651. The Morgan fingerprint density at radius 1 is 0.846 bits per heavy atom. The van der Waals surface area contributed by atoms with Crippen LogP contribution in [-0.4, -0.2) is 36.5 Å². The van der Waals surface area contributed by atoms with Gasteiger partial charge in [-0.25, -0.2) is 9.59 Å². The van der Waals surface area contributed by atoms with Crippen LogP contribution in [0.2, 0.25) is 0 Å². The van der Waals surface area contributed by atoms with Gasteiger partial charge in [-0.1, -0.05) is 60.7 Å². The van der Waals surface area contributed by atoms with E-state index in [1.54, 1.807) is 0 Å². The Morgan fingerprint density at radius 2 is 1.35 bits per heavy atom. The van der Waals surface area contributed by atoms with Crippen molar-refractivity contribution in [2.75, 3.05) is 13.2 Å². The lowest BCUT2D eigenvalue weighted by molar-refractivity contribution is 0.123. The van der Waals surface area contributed by atoms with Crippen molar-refractivity contribution in [3.8, 4) is 0 Å². The molecule has 138 valence electrons.